The van der Waals surface area contributed by atoms with Crippen LogP contribution in [0.2, 0.25) is 0 Å². The van der Waals surface area contributed by atoms with E-state index in [-0.39, 0.29) is 11.6 Å². The molecule has 2 rings (SSSR count). The van der Waals surface area contributed by atoms with Gasteiger partial charge in [0.1, 0.15) is 0 Å². The summed E-state index contributed by atoms with van der Waals surface area (Å²) in [4.78, 5) is 0. The molecule has 0 aliphatic heterocycles. The number of hydrogen-bond acceptors (Lipinski definition) is 2. The van der Waals surface area contributed by atoms with E-state index in [2.05, 4.69) is 6.92 Å². The van der Waals surface area contributed by atoms with Crippen molar-refractivity contribution in [1.29, 1.82) is 0 Å². The molecular weight excluding hydrogens is 162 g/mol. The molecule has 1 unspecified atom stereocenters. The lowest BCUT2D eigenvalue weighted by Crippen LogP contribution is -2.48. The summed E-state index contributed by atoms with van der Waals surface area (Å²) in [6.07, 6.45) is 6.79. The average molecular weight is 183 g/mol. The van der Waals surface area contributed by atoms with Gasteiger partial charge in [-0.2, -0.15) is 0 Å². The molecule has 1 atom stereocenters. The SMILES string of the molecule is CC(N)(C1CCC(O)CC1)C1CC1. The quantitative estimate of drug-likeness (QED) is 0.684. The summed E-state index contributed by atoms with van der Waals surface area (Å²) in [7, 11) is 0. The van der Waals surface area contributed by atoms with E-state index in [0.717, 1.165) is 31.6 Å². The van der Waals surface area contributed by atoms with Crippen LogP contribution in [-0.4, -0.2) is 16.7 Å². The number of rotatable bonds is 2. The summed E-state index contributed by atoms with van der Waals surface area (Å²) in [5.74, 6) is 1.43. The van der Waals surface area contributed by atoms with Crippen LogP contribution in [0.4, 0.5) is 0 Å². The molecule has 2 aliphatic carbocycles. The zero-order chi connectivity index (χ0) is 9.47. The lowest BCUT2D eigenvalue weighted by atomic mass is 9.73. The largest absolute Gasteiger partial charge is 0.393 e. The van der Waals surface area contributed by atoms with E-state index in [1.165, 1.54) is 12.8 Å². The Kier molecular flexibility index (Phi) is 2.37. The fourth-order valence-corrected chi connectivity index (χ4v) is 2.74. The van der Waals surface area contributed by atoms with E-state index < -0.39 is 0 Å². The predicted molar refractivity (Wildman–Crippen MR) is 53.3 cm³/mol. The van der Waals surface area contributed by atoms with Crippen LogP contribution in [0, 0.1) is 11.8 Å². The fourth-order valence-electron chi connectivity index (χ4n) is 2.74. The molecule has 2 saturated carbocycles. The van der Waals surface area contributed by atoms with E-state index in [1.54, 1.807) is 0 Å². The van der Waals surface area contributed by atoms with Crippen molar-refractivity contribution in [3.05, 3.63) is 0 Å². The molecule has 0 amide bonds. The molecule has 0 bridgehead atoms. The Labute approximate surface area is 80.5 Å². The summed E-state index contributed by atoms with van der Waals surface area (Å²) in [5, 5.41) is 9.41. The maximum absolute atomic E-state index is 9.41. The average Bonchev–Trinajstić information content (AvgIpc) is 2.87. The fraction of sp³-hybridized carbons (Fsp3) is 1.00. The van der Waals surface area contributed by atoms with Gasteiger partial charge in [0.25, 0.3) is 0 Å². The Morgan fingerprint density at radius 3 is 1.77 bits per heavy atom. The first-order valence-corrected chi connectivity index (χ1v) is 5.57. The molecule has 13 heavy (non-hydrogen) atoms. The topological polar surface area (TPSA) is 46.2 Å². The molecule has 0 saturated heterocycles. The van der Waals surface area contributed by atoms with Crippen molar-refractivity contribution in [1.82, 2.24) is 0 Å². The molecule has 3 N–H and O–H groups in total. The first-order valence-electron chi connectivity index (χ1n) is 5.57. The van der Waals surface area contributed by atoms with Crippen LogP contribution in [0.1, 0.15) is 45.4 Å². The Morgan fingerprint density at radius 1 is 1.00 bits per heavy atom. The summed E-state index contributed by atoms with van der Waals surface area (Å²) in [6.45, 7) is 2.22. The van der Waals surface area contributed by atoms with Crippen LogP contribution >= 0.6 is 0 Å². The smallest absolute Gasteiger partial charge is 0.0540 e. The van der Waals surface area contributed by atoms with Crippen LogP contribution in [0.5, 0.6) is 0 Å². The molecule has 2 nitrogen and oxygen atoms in total. The minimum absolute atomic E-state index is 0.0498. The second-order valence-electron chi connectivity index (χ2n) is 5.15. The second-order valence-corrected chi connectivity index (χ2v) is 5.15. The highest BCUT2D eigenvalue weighted by Crippen LogP contribution is 2.45. The van der Waals surface area contributed by atoms with Crippen molar-refractivity contribution in [3.8, 4) is 0 Å². The van der Waals surface area contributed by atoms with E-state index in [1.807, 2.05) is 0 Å². The Balaban J connectivity index is 1.92. The highest BCUT2D eigenvalue weighted by atomic mass is 16.3. The third kappa shape index (κ3) is 1.89. The van der Waals surface area contributed by atoms with Crippen LogP contribution < -0.4 is 5.73 Å². The van der Waals surface area contributed by atoms with Gasteiger partial charge in [-0.1, -0.05) is 0 Å². The van der Waals surface area contributed by atoms with Gasteiger partial charge in [-0.15, -0.1) is 0 Å². The minimum atomic E-state index is -0.0498. The van der Waals surface area contributed by atoms with Crippen LogP contribution in [0.15, 0.2) is 0 Å². The van der Waals surface area contributed by atoms with E-state index in [9.17, 15) is 5.11 Å². The van der Waals surface area contributed by atoms with E-state index >= 15 is 0 Å². The number of aliphatic hydroxyl groups is 1. The van der Waals surface area contributed by atoms with Crippen molar-refractivity contribution in [2.24, 2.45) is 17.6 Å². The van der Waals surface area contributed by atoms with Crippen molar-refractivity contribution in [2.45, 2.75) is 57.1 Å². The zero-order valence-corrected chi connectivity index (χ0v) is 8.50. The second kappa shape index (κ2) is 3.25. The zero-order valence-electron chi connectivity index (χ0n) is 8.50. The molecule has 0 radical (unpaired) electrons. The standard InChI is InChI=1S/C11H21NO/c1-11(12,8-2-3-8)9-4-6-10(13)7-5-9/h8-10,13H,2-7,12H2,1H3. The first-order chi connectivity index (χ1) is 6.10. The van der Waals surface area contributed by atoms with E-state index in [4.69, 9.17) is 5.73 Å². The summed E-state index contributed by atoms with van der Waals surface area (Å²) in [5.41, 5.74) is 6.42. The molecule has 76 valence electrons. The van der Waals surface area contributed by atoms with Gasteiger partial charge in [0.15, 0.2) is 0 Å². The van der Waals surface area contributed by atoms with Gasteiger partial charge >= 0.3 is 0 Å². The van der Waals surface area contributed by atoms with Crippen molar-refractivity contribution >= 4 is 0 Å². The number of aliphatic hydroxyl groups excluding tert-OH is 1. The van der Waals surface area contributed by atoms with Gasteiger partial charge in [-0.3, -0.25) is 0 Å². The molecule has 0 heterocycles. The Bertz CT molecular complexity index is 179. The third-order valence-electron chi connectivity index (χ3n) is 4.03. The molecule has 0 spiro atoms. The summed E-state index contributed by atoms with van der Waals surface area (Å²) >= 11 is 0. The van der Waals surface area contributed by atoms with Gasteiger partial charge in [0.05, 0.1) is 6.10 Å². The lowest BCUT2D eigenvalue weighted by Gasteiger charge is -2.38. The summed E-state index contributed by atoms with van der Waals surface area (Å²) in [6, 6.07) is 0. The molecule has 0 aromatic rings. The Hall–Kier alpha value is -0.0800. The van der Waals surface area contributed by atoms with Crippen LogP contribution in [0.3, 0.4) is 0 Å². The molecule has 2 heteroatoms. The lowest BCUT2D eigenvalue weighted by molar-refractivity contribution is 0.0806. The van der Waals surface area contributed by atoms with Gasteiger partial charge < -0.3 is 10.8 Å². The minimum Gasteiger partial charge on any atom is -0.393 e. The third-order valence-corrected chi connectivity index (χ3v) is 4.03. The molecule has 2 fully saturated rings. The van der Waals surface area contributed by atoms with Gasteiger partial charge in [-0.05, 0) is 57.3 Å². The van der Waals surface area contributed by atoms with Crippen molar-refractivity contribution < 1.29 is 5.11 Å². The van der Waals surface area contributed by atoms with Crippen LogP contribution in [-0.2, 0) is 0 Å². The summed E-state index contributed by atoms with van der Waals surface area (Å²) < 4.78 is 0. The molecule has 2 aliphatic rings. The van der Waals surface area contributed by atoms with Gasteiger partial charge in [0, 0.05) is 5.54 Å². The van der Waals surface area contributed by atoms with Crippen LogP contribution in [0.25, 0.3) is 0 Å². The predicted octanol–water partition coefficient (Wildman–Crippen LogP) is 1.66. The number of nitrogens with two attached hydrogens (primary N) is 1. The van der Waals surface area contributed by atoms with Gasteiger partial charge in [-0.25, -0.2) is 0 Å². The molecule has 0 aromatic carbocycles. The first kappa shape index (κ1) is 9.47. The van der Waals surface area contributed by atoms with E-state index in [0.29, 0.717) is 5.92 Å². The maximum atomic E-state index is 9.41. The molecule has 0 aromatic heterocycles. The monoisotopic (exact) mass is 183 g/mol. The Morgan fingerprint density at radius 2 is 1.38 bits per heavy atom. The van der Waals surface area contributed by atoms with Crippen molar-refractivity contribution in [2.75, 3.05) is 0 Å². The number of hydrogen-bond donors (Lipinski definition) is 2. The molecular formula is C11H21NO. The maximum Gasteiger partial charge on any atom is 0.0540 e. The van der Waals surface area contributed by atoms with Gasteiger partial charge in [0.2, 0.25) is 0 Å². The highest BCUT2D eigenvalue weighted by Gasteiger charge is 2.44. The normalized spacial score (nSPS) is 39.9. The highest BCUT2D eigenvalue weighted by molar-refractivity contribution is 5.00. The van der Waals surface area contributed by atoms with Crippen molar-refractivity contribution in [3.63, 3.8) is 0 Å².